The van der Waals surface area contributed by atoms with Crippen molar-refractivity contribution in [1.82, 2.24) is 0 Å². The minimum Gasteiger partial charge on any atom is -0.325 e. The summed E-state index contributed by atoms with van der Waals surface area (Å²) in [6.45, 7) is 0. The lowest BCUT2D eigenvalue weighted by Crippen LogP contribution is -2.21. The molecule has 0 spiro atoms. The average molecular weight is 271 g/mol. The number of carbonyl (C=O) groups is 1. The number of rotatable bonds is 3. The van der Waals surface area contributed by atoms with Gasteiger partial charge in [0.05, 0.1) is 5.69 Å². The zero-order chi connectivity index (χ0) is 13.2. The van der Waals surface area contributed by atoms with Crippen LogP contribution in [0.1, 0.15) is 25.7 Å². The van der Waals surface area contributed by atoms with Crippen LogP contribution in [0.3, 0.4) is 0 Å². The normalized spacial score (nSPS) is 16.7. The van der Waals surface area contributed by atoms with Gasteiger partial charge < -0.3 is 5.32 Å². The number of anilines is 1. The highest BCUT2D eigenvalue weighted by Gasteiger charge is 2.25. The first-order valence-corrected chi connectivity index (χ1v) is 7.21. The van der Waals surface area contributed by atoms with Gasteiger partial charge in [0, 0.05) is 5.92 Å². The van der Waals surface area contributed by atoms with Crippen molar-refractivity contribution in [3.05, 3.63) is 24.3 Å². The molecule has 0 saturated heterocycles. The quantitative estimate of drug-likeness (QED) is 0.859. The van der Waals surface area contributed by atoms with Crippen molar-refractivity contribution >= 4 is 21.8 Å². The molecular weight excluding hydrogens is 257 g/mol. The highest BCUT2D eigenvalue weighted by Crippen LogP contribution is 2.28. The lowest BCUT2D eigenvalue weighted by Gasteiger charge is -2.12. The van der Waals surface area contributed by atoms with Crippen molar-refractivity contribution in [2.24, 2.45) is 5.92 Å². The zero-order valence-electron chi connectivity index (χ0n) is 9.73. The summed E-state index contributed by atoms with van der Waals surface area (Å²) in [6, 6.07) is 5.50. The maximum Gasteiger partial charge on any atom is 0.334 e. The fourth-order valence-corrected chi connectivity index (χ4v) is 2.83. The fraction of sp³-hybridized carbons (Fsp3) is 0.417. The number of benzene rings is 1. The van der Waals surface area contributed by atoms with Gasteiger partial charge in [0.15, 0.2) is 0 Å². The Balaban J connectivity index is 2.21. The SMILES string of the molecule is O=C(Nc1ccccc1S(=O)(=O)F)C1CCCC1. The Morgan fingerprint density at radius 3 is 2.44 bits per heavy atom. The van der Waals surface area contributed by atoms with E-state index in [4.69, 9.17) is 0 Å². The van der Waals surface area contributed by atoms with E-state index in [2.05, 4.69) is 5.32 Å². The molecule has 1 amide bonds. The van der Waals surface area contributed by atoms with E-state index in [1.54, 1.807) is 6.07 Å². The van der Waals surface area contributed by atoms with Crippen LogP contribution < -0.4 is 5.32 Å². The van der Waals surface area contributed by atoms with Gasteiger partial charge >= 0.3 is 10.2 Å². The second-order valence-electron chi connectivity index (χ2n) is 4.40. The van der Waals surface area contributed by atoms with Gasteiger partial charge in [-0.05, 0) is 25.0 Å². The molecule has 18 heavy (non-hydrogen) atoms. The summed E-state index contributed by atoms with van der Waals surface area (Å²) in [7, 11) is -4.82. The molecule has 4 nitrogen and oxygen atoms in total. The van der Waals surface area contributed by atoms with Gasteiger partial charge in [-0.2, -0.15) is 8.42 Å². The van der Waals surface area contributed by atoms with Crippen LogP contribution in [0.25, 0.3) is 0 Å². The summed E-state index contributed by atoms with van der Waals surface area (Å²) in [5.74, 6) is -0.330. The molecular formula is C12H14FNO3S. The summed E-state index contributed by atoms with van der Waals surface area (Å²) in [4.78, 5) is 11.4. The molecule has 1 aliphatic rings. The third-order valence-electron chi connectivity index (χ3n) is 3.13. The Bertz CT molecular complexity index is 550. The first-order valence-electron chi connectivity index (χ1n) is 5.83. The predicted molar refractivity (Wildman–Crippen MR) is 65.3 cm³/mol. The molecule has 1 N–H and O–H groups in total. The summed E-state index contributed by atoms with van der Waals surface area (Å²) in [6.07, 6.45) is 3.61. The largest absolute Gasteiger partial charge is 0.334 e. The smallest absolute Gasteiger partial charge is 0.325 e. The Labute approximate surface area is 105 Å². The molecule has 0 heterocycles. The molecule has 6 heteroatoms. The van der Waals surface area contributed by atoms with Gasteiger partial charge in [0.2, 0.25) is 5.91 Å². The zero-order valence-corrected chi connectivity index (χ0v) is 10.5. The van der Waals surface area contributed by atoms with Crippen LogP contribution in [-0.2, 0) is 15.0 Å². The lowest BCUT2D eigenvalue weighted by atomic mass is 10.1. The molecule has 1 aliphatic carbocycles. The molecule has 0 bridgehead atoms. The monoisotopic (exact) mass is 271 g/mol. The number of hydrogen-bond acceptors (Lipinski definition) is 3. The number of nitrogens with one attached hydrogen (secondary N) is 1. The van der Waals surface area contributed by atoms with Crippen molar-refractivity contribution in [2.75, 3.05) is 5.32 Å². The molecule has 0 unspecified atom stereocenters. The molecule has 1 aromatic carbocycles. The third-order valence-corrected chi connectivity index (χ3v) is 4.01. The predicted octanol–water partition coefficient (Wildman–Crippen LogP) is 2.47. The van der Waals surface area contributed by atoms with Crippen molar-refractivity contribution in [2.45, 2.75) is 30.6 Å². The third kappa shape index (κ3) is 2.87. The van der Waals surface area contributed by atoms with E-state index in [-0.39, 0.29) is 17.5 Å². The fourth-order valence-electron chi connectivity index (χ4n) is 2.21. The maximum atomic E-state index is 13.0. The maximum absolute atomic E-state index is 13.0. The van der Waals surface area contributed by atoms with Crippen molar-refractivity contribution in [3.8, 4) is 0 Å². The molecule has 0 aromatic heterocycles. The van der Waals surface area contributed by atoms with Gasteiger partial charge in [0.25, 0.3) is 0 Å². The van der Waals surface area contributed by atoms with Gasteiger partial charge in [-0.15, -0.1) is 3.89 Å². The number of hydrogen-bond donors (Lipinski definition) is 1. The van der Waals surface area contributed by atoms with Gasteiger partial charge in [-0.1, -0.05) is 25.0 Å². The van der Waals surface area contributed by atoms with Gasteiger partial charge in [0.1, 0.15) is 4.90 Å². The topological polar surface area (TPSA) is 63.2 Å². The Hall–Kier alpha value is -1.43. The van der Waals surface area contributed by atoms with Crippen LogP contribution in [0.5, 0.6) is 0 Å². The molecule has 1 fully saturated rings. The van der Waals surface area contributed by atoms with Crippen molar-refractivity contribution in [1.29, 1.82) is 0 Å². The Kier molecular flexibility index (Phi) is 3.65. The van der Waals surface area contributed by atoms with E-state index >= 15 is 0 Å². The van der Waals surface area contributed by atoms with Crippen LogP contribution in [-0.4, -0.2) is 14.3 Å². The van der Waals surface area contributed by atoms with E-state index in [0.717, 1.165) is 31.7 Å². The number of halogens is 1. The molecule has 1 aromatic rings. The first-order chi connectivity index (χ1) is 8.48. The molecule has 0 aliphatic heterocycles. The summed E-state index contributed by atoms with van der Waals surface area (Å²) < 4.78 is 34.9. The lowest BCUT2D eigenvalue weighted by molar-refractivity contribution is -0.119. The van der Waals surface area contributed by atoms with E-state index in [1.165, 1.54) is 12.1 Å². The molecule has 1 saturated carbocycles. The summed E-state index contributed by atoms with van der Waals surface area (Å²) in [5.41, 5.74) is 0.0110. The Morgan fingerprint density at radius 1 is 1.22 bits per heavy atom. The second kappa shape index (κ2) is 5.06. The van der Waals surface area contributed by atoms with Gasteiger partial charge in [-0.3, -0.25) is 4.79 Å². The Morgan fingerprint density at radius 2 is 1.83 bits per heavy atom. The van der Waals surface area contributed by atoms with Crippen molar-refractivity contribution < 1.29 is 17.1 Å². The van der Waals surface area contributed by atoms with E-state index in [0.29, 0.717) is 0 Å². The average Bonchev–Trinajstić information content (AvgIpc) is 2.81. The second-order valence-corrected chi connectivity index (χ2v) is 5.72. The number of para-hydroxylation sites is 1. The highest BCUT2D eigenvalue weighted by molar-refractivity contribution is 7.86. The van der Waals surface area contributed by atoms with Crippen LogP contribution in [0.4, 0.5) is 9.57 Å². The summed E-state index contributed by atoms with van der Waals surface area (Å²) in [5, 5.41) is 2.50. The van der Waals surface area contributed by atoms with Crippen LogP contribution in [0.2, 0.25) is 0 Å². The van der Waals surface area contributed by atoms with E-state index in [1.807, 2.05) is 0 Å². The minimum absolute atomic E-state index is 0.0110. The van der Waals surface area contributed by atoms with Crippen LogP contribution >= 0.6 is 0 Å². The van der Waals surface area contributed by atoms with Crippen molar-refractivity contribution in [3.63, 3.8) is 0 Å². The molecule has 2 rings (SSSR count). The first kappa shape index (κ1) is 13.0. The van der Waals surface area contributed by atoms with Crippen LogP contribution in [0.15, 0.2) is 29.2 Å². The summed E-state index contributed by atoms with van der Waals surface area (Å²) >= 11 is 0. The number of amides is 1. The molecule has 98 valence electrons. The van der Waals surface area contributed by atoms with E-state index in [9.17, 15) is 17.1 Å². The highest BCUT2D eigenvalue weighted by atomic mass is 32.3. The standard InChI is InChI=1S/C12H14FNO3S/c13-18(16,17)11-8-4-3-7-10(11)14-12(15)9-5-1-2-6-9/h3-4,7-9H,1-2,5-6H2,(H,14,15). The number of carbonyl (C=O) groups excluding carboxylic acids is 1. The van der Waals surface area contributed by atoms with Gasteiger partial charge in [-0.25, -0.2) is 0 Å². The van der Waals surface area contributed by atoms with E-state index < -0.39 is 15.1 Å². The van der Waals surface area contributed by atoms with Crippen LogP contribution in [0, 0.1) is 5.92 Å². The minimum atomic E-state index is -4.82. The molecule has 0 atom stereocenters. The molecule has 0 radical (unpaired) electrons.